The van der Waals surface area contributed by atoms with Gasteiger partial charge in [-0.25, -0.2) is 4.98 Å². The Bertz CT molecular complexity index is 669. The number of oxazole rings is 1. The number of nitrogens with zero attached hydrogens (tertiary/aromatic N) is 1. The third-order valence-electron chi connectivity index (χ3n) is 2.66. The summed E-state index contributed by atoms with van der Waals surface area (Å²) in [5.41, 5.74) is 9.83. The van der Waals surface area contributed by atoms with Gasteiger partial charge in [-0.3, -0.25) is 0 Å². The van der Waals surface area contributed by atoms with Crippen molar-refractivity contribution in [1.29, 1.82) is 0 Å². The number of nitrogens with two attached hydrogens (primary N) is 1. The quantitative estimate of drug-likeness (QED) is 0.752. The number of aromatic nitrogens is 1. The van der Waals surface area contributed by atoms with Crippen LogP contribution in [0.1, 0.15) is 17.0 Å². The summed E-state index contributed by atoms with van der Waals surface area (Å²) < 4.78 is 5.65. The Kier molecular flexibility index (Phi) is 2.37. The summed E-state index contributed by atoms with van der Waals surface area (Å²) in [6.45, 7) is 2.08. The lowest BCUT2D eigenvalue weighted by atomic mass is 10.1. The molecule has 4 heteroatoms. The van der Waals surface area contributed by atoms with Crippen molar-refractivity contribution in [3.05, 3.63) is 46.7 Å². The summed E-state index contributed by atoms with van der Waals surface area (Å²) in [6, 6.07) is 8.34. The molecule has 0 aliphatic rings. The molecule has 17 heavy (non-hydrogen) atoms. The van der Waals surface area contributed by atoms with Crippen LogP contribution in [0.3, 0.4) is 0 Å². The normalized spacial score (nSPS) is 11.1. The summed E-state index contributed by atoms with van der Waals surface area (Å²) in [7, 11) is 0. The average Bonchev–Trinajstić information content (AvgIpc) is 2.82. The SMILES string of the molecule is Cc1cccc(Cc2nc3c(N)scc3o2)c1. The highest BCUT2D eigenvalue weighted by atomic mass is 32.1. The molecular weight excluding hydrogens is 232 g/mol. The van der Waals surface area contributed by atoms with Gasteiger partial charge >= 0.3 is 0 Å². The van der Waals surface area contributed by atoms with E-state index in [0.29, 0.717) is 6.42 Å². The molecule has 2 N–H and O–H groups in total. The molecule has 2 aromatic heterocycles. The summed E-state index contributed by atoms with van der Waals surface area (Å²) in [4.78, 5) is 4.42. The predicted molar refractivity (Wildman–Crippen MR) is 70.3 cm³/mol. The van der Waals surface area contributed by atoms with Gasteiger partial charge in [0, 0.05) is 11.8 Å². The first-order valence-corrected chi connectivity index (χ1v) is 6.28. The molecule has 0 saturated heterocycles. The van der Waals surface area contributed by atoms with Gasteiger partial charge in [-0.05, 0) is 12.5 Å². The van der Waals surface area contributed by atoms with Crippen molar-refractivity contribution < 1.29 is 4.42 Å². The van der Waals surface area contributed by atoms with Gasteiger partial charge in [0.25, 0.3) is 0 Å². The third-order valence-corrected chi connectivity index (χ3v) is 3.44. The van der Waals surface area contributed by atoms with Gasteiger partial charge in [0.2, 0.25) is 0 Å². The Hall–Kier alpha value is -1.81. The molecule has 0 aliphatic carbocycles. The molecule has 3 nitrogen and oxygen atoms in total. The zero-order valence-corrected chi connectivity index (χ0v) is 10.3. The molecule has 0 amide bonds. The van der Waals surface area contributed by atoms with Gasteiger partial charge in [-0.15, -0.1) is 11.3 Å². The molecule has 0 saturated carbocycles. The van der Waals surface area contributed by atoms with E-state index in [1.807, 2.05) is 11.4 Å². The second-order valence-electron chi connectivity index (χ2n) is 4.09. The molecule has 0 aliphatic heterocycles. The van der Waals surface area contributed by atoms with Gasteiger partial charge in [0.1, 0.15) is 10.5 Å². The number of aryl methyl sites for hydroxylation is 1. The molecule has 0 spiro atoms. The van der Waals surface area contributed by atoms with Crippen LogP contribution >= 0.6 is 11.3 Å². The topological polar surface area (TPSA) is 52.0 Å². The van der Waals surface area contributed by atoms with E-state index >= 15 is 0 Å². The van der Waals surface area contributed by atoms with Gasteiger partial charge in [-0.1, -0.05) is 29.8 Å². The number of anilines is 1. The molecule has 0 radical (unpaired) electrons. The van der Waals surface area contributed by atoms with Crippen LogP contribution in [0, 0.1) is 6.92 Å². The van der Waals surface area contributed by atoms with Gasteiger partial charge in [0.15, 0.2) is 11.5 Å². The fourth-order valence-electron chi connectivity index (χ4n) is 1.88. The van der Waals surface area contributed by atoms with Crippen molar-refractivity contribution in [2.45, 2.75) is 13.3 Å². The molecule has 3 aromatic rings. The van der Waals surface area contributed by atoms with Crippen molar-refractivity contribution in [3.8, 4) is 0 Å². The van der Waals surface area contributed by atoms with Crippen LogP contribution in [0.5, 0.6) is 0 Å². The Morgan fingerprint density at radius 1 is 1.41 bits per heavy atom. The lowest BCUT2D eigenvalue weighted by Gasteiger charge is -1.98. The van der Waals surface area contributed by atoms with E-state index in [1.54, 1.807) is 0 Å². The van der Waals surface area contributed by atoms with Gasteiger partial charge in [-0.2, -0.15) is 0 Å². The van der Waals surface area contributed by atoms with Crippen molar-refractivity contribution in [1.82, 2.24) is 4.98 Å². The lowest BCUT2D eigenvalue weighted by molar-refractivity contribution is 0.544. The third kappa shape index (κ3) is 1.91. The number of rotatable bonds is 2. The molecule has 0 unspecified atom stereocenters. The summed E-state index contributed by atoms with van der Waals surface area (Å²) >= 11 is 1.46. The summed E-state index contributed by atoms with van der Waals surface area (Å²) in [6.07, 6.45) is 0.709. The van der Waals surface area contributed by atoms with Crippen LogP contribution in [0.4, 0.5) is 5.00 Å². The maximum absolute atomic E-state index is 5.80. The van der Waals surface area contributed by atoms with Crippen molar-refractivity contribution in [3.63, 3.8) is 0 Å². The van der Waals surface area contributed by atoms with Crippen LogP contribution in [0.2, 0.25) is 0 Å². The first-order valence-electron chi connectivity index (χ1n) is 5.40. The Balaban J connectivity index is 1.94. The molecular formula is C13H12N2OS. The van der Waals surface area contributed by atoms with Crippen LogP contribution < -0.4 is 5.73 Å². The Morgan fingerprint density at radius 3 is 3.06 bits per heavy atom. The number of hydrogen-bond acceptors (Lipinski definition) is 4. The van der Waals surface area contributed by atoms with E-state index in [1.165, 1.54) is 22.5 Å². The second kappa shape index (κ2) is 3.89. The molecule has 86 valence electrons. The van der Waals surface area contributed by atoms with Crippen molar-refractivity contribution in [2.75, 3.05) is 5.73 Å². The van der Waals surface area contributed by atoms with E-state index in [-0.39, 0.29) is 0 Å². The standard InChI is InChI=1S/C13H12N2OS/c1-8-3-2-4-9(5-8)6-11-15-12-10(16-11)7-17-13(12)14/h2-5,7H,6,14H2,1H3. The number of benzene rings is 1. The van der Waals surface area contributed by atoms with E-state index in [0.717, 1.165) is 22.0 Å². The summed E-state index contributed by atoms with van der Waals surface area (Å²) in [5.74, 6) is 0.722. The van der Waals surface area contributed by atoms with Crippen LogP contribution in [-0.4, -0.2) is 4.98 Å². The largest absolute Gasteiger partial charge is 0.439 e. The van der Waals surface area contributed by atoms with E-state index in [9.17, 15) is 0 Å². The van der Waals surface area contributed by atoms with Gasteiger partial charge in [0.05, 0.1) is 0 Å². The molecule has 2 heterocycles. The maximum atomic E-state index is 5.80. The predicted octanol–water partition coefficient (Wildman–Crippen LogP) is 3.37. The number of hydrogen-bond donors (Lipinski definition) is 1. The zero-order chi connectivity index (χ0) is 11.8. The number of fused-ring (bicyclic) bond motifs is 1. The van der Waals surface area contributed by atoms with Crippen molar-refractivity contribution >= 4 is 27.4 Å². The first kappa shape index (κ1) is 10.4. The monoisotopic (exact) mass is 244 g/mol. The fraction of sp³-hybridized carbons (Fsp3) is 0.154. The minimum absolute atomic E-state index is 0.709. The Labute approximate surface area is 103 Å². The number of nitrogen functional groups attached to an aromatic ring is 1. The Morgan fingerprint density at radius 2 is 2.29 bits per heavy atom. The fourth-order valence-corrected chi connectivity index (χ4v) is 2.53. The molecule has 0 bridgehead atoms. The van der Waals surface area contributed by atoms with E-state index in [2.05, 4.69) is 30.1 Å². The summed E-state index contributed by atoms with van der Waals surface area (Å²) in [5, 5.41) is 2.62. The van der Waals surface area contributed by atoms with Crippen molar-refractivity contribution in [2.24, 2.45) is 0 Å². The zero-order valence-electron chi connectivity index (χ0n) is 9.43. The average molecular weight is 244 g/mol. The van der Waals surface area contributed by atoms with E-state index in [4.69, 9.17) is 10.2 Å². The molecule has 1 aromatic carbocycles. The second-order valence-corrected chi connectivity index (χ2v) is 5.00. The first-order chi connectivity index (χ1) is 8.22. The number of thiophene rings is 1. The van der Waals surface area contributed by atoms with Crippen LogP contribution in [0.15, 0.2) is 34.1 Å². The molecule has 3 rings (SSSR count). The lowest BCUT2D eigenvalue weighted by Crippen LogP contribution is -1.89. The highest BCUT2D eigenvalue weighted by Gasteiger charge is 2.10. The van der Waals surface area contributed by atoms with Crippen LogP contribution in [0.25, 0.3) is 11.1 Å². The minimum Gasteiger partial charge on any atom is -0.439 e. The molecule has 0 fully saturated rings. The smallest absolute Gasteiger partial charge is 0.200 e. The van der Waals surface area contributed by atoms with Gasteiger partial charge < -0.3 is 10.2 Å². The molecule has 0 atom stereocenters. The minimum atomic E-state index is 0.709. The highest BCUT2D eigenvalue weighted by molar-refractivity contribution is 7.15. The van der Waals surface area contributed by atoms with E-state index < -0.39 is 0 Å². The maximum Gasteiger partial charge on any atom is 0.200 e. The highest BCUT2D eigenvalue weighted by Crippen LogP contribution is 2.28. The van der Waals surface area contributed by atoms with Crippen LogP contribution in [-0.2, 0) is 6.42 Å².